The molecule has 1 rings (SSSR count). The van der Waals surface area contributed by atoms with Gasteiger partial charge in [-0.1, -0.05) is 6.08 Å². The predicted octanol–water partition coefficient (Wildman–Crippen LogP) is -0.638. The minimum absolute atomic E-state index is 0.546. The van der Waals surface area contributed by atoms with Crippen molar-refractivity contribution in [3.05, 3.63) is 23.2 Å². The van der Waals surface area contributed by atoms with E-state index in [1.54, 1.807) is 0 Å². The molecule has 3 heteroatoms. The van der Waals surface area contributed by atoms with Gasteiger partial charge in [-0.2, -0.15) is 0 Å². The first-order chi connectivity index (χ1) is 3.72. The quantitative estimate of drug-likeness (QED) is 0.389. The average Bonchev–Trinajstić information content (AvgIpc) is 1.98. The van der Waals surface area contributed by atoms with Gasteiger partial charge in [-0.25, -0.2) is 0 Å². The lowest BCUT2D eigenvalue weighted by Gasteiger charge is -1.94. The molecule has 1 aliphatic rings. The van der Waals surface area contributed by atoms with Crippen molar-refractivity contribution in [2.45, 2.75) is 6.42 Å². The summed E-state index contributed by atoms with van der Waals surface area (Å²) in [5.74, 6) is 0. The second-order valence-corrected chi connectivity index (χ2v) is 1.80. The highest BCUT2D eigenvalue weighted by Gasteiger charge is 2.06. The van der Waals surface area contributed by atoms with Crippen LogP contribution in [0.3, 0.4) is 0 Å². The summed E-state index contributed by atoms with van der Waals surface area (Å²) in [5.41, 5.74) is 18.0. The molecular formula is C5H9N3. The van der Waals surface area contributed by atoms with Crippen LogP contribution in [-0.4, -0.2) is 0 Å². The summed E-state index contributed by atoms with van der Waals surface area (Å²) >= 11 is 0. The molecule has 0 aromatic carbocycles. The first-order valence-electron chi connectivity index (χ1n) is 2.42. The molecule has 0 aromatic rings. The van der Waals surface area contributed by atoms with E-state index < -0.39 is 0 Å². The van der Waals surface area contributed by atoms with Crippen molar-refractivity contribution >= 4 is 0 Å². The Balaban J connectivity index is 2.88. The van der Waals surface area contributed by atoms with Crippen molar-refractivity contribution < 1.29 is 0 Å². The van der Waals surface area contributed by atoms with Gasteiger partial charge in [0.25, 0.3) is 0 Å². The van der Waals surface area contributed by atoms with Crippen LogP contribution < -0.4 is 17.2 Å². The molecule has 6 N–H and O–H groups in total. The van der Waals surface area contributed by atoms with Gasteiger partial charge in [-0.15, -0.1) is 0 Å². The Labute approximate surface area is 47.8 Å². The molecule has 0 saturated carbocycles. The molecule has 0 bridgehead atoms. The molecule has 0 fully saturated rings. The molecule has 0 heterocycles. The van der Waals surface area contributed by atoms with Gasteiger partial charge in [0.05, 0.1) is 11.4 Å². The lowest BCUT2D eigenvalue weighted by atomic mass is 10.4. The van der Waals surface area contributed by atoms with E-state index in [0.717, 1.165) is 0 Å². The maximum atomic E-state index is 5.39. The second-order valence-electron chi connectivity index (χ2n) is 1.80. The molecule has 0 atom stereocenters. The van der Waals surface area contributed by atoms with Gasteiger partial charge in [-0.05, 0) is 0 Å². The van der Waals surface area contributed by atoms with E-state index in [0.29, 0.717) is 23.5 Å². The van der Waals surface area contributed by atoms with E-state index in [1.165, 1.54) is 0 Å². The van der Waals surface area contributed by atoms with Crippen LogP contribution in [0.2, 0.25) is 0 Å². The number of rotatable bonds is 0. The molecule has 44 valence electrons. The Morgan fingerprint density at radius 1 is 1.25 bits per heavy atom. The van der Waals surface area contributed by atoms with Crippen LogP contribution in [0.15, 0.2) is 23.2 Å². The Morgan fingerprint density at radius 2 is 1.88 bits per heavy atom. The Bertz CT molecular complexity index is 161. The predicted molar refractivity (Wildman–Crippen MR) is 32.3 cm³/mol. The van der Waals surface area contributed by atoms with Crippen LogP contribution in [0.5, 0.6) is 0 Å². The molecule has 0 aliphatic heterocycles. The van der Waals surface area contributed by atoms with E-state index in [9.17, 15) is 0 Å². The number of hydrogen-bond acceptors (Lipinski definition) is 3. The summed E-state index contributed by atoms with van der Waals surface area (Å²) in [5, 5.41) is 0. The molecule has 0 aromatic heterocycles. The fourth-order valence-electron chi connectivity index (χ4n) is 0.625. The maximum Gasteiger partial charge on any atom is 0.0738 e. The summed E-state index contributed by atoms with van der Waals surface area (Å²) in [7, 11) is 0. The Kier molecular flexibility index (Phi) is 0.901. The zero-order valence-electron chi connectivity index (χ0n) is 4.52. The minimum atomic E-state index is 0.546. The Morgan fingerprint density at radius 3 is 2.00 bits per heavy atom. The molecule has 3 nitrogen and oxygen atoms in total. The lowest BCUT2D eigenvalue weighted by molar-refractivity contribution is 1.15. The number of allylic oxidation sites excluding steroid dienone is 1. The van der Waals surface area contributed by atoms with Crippen LogP contribution >= 0.6 is 0 Å². The van der Waals surface area contributed by atoms with Crippen molar-refractivity contribution in [3.63, 3.8) is 0 Å². The molecule has 1 aliphatic carbocycles. The van der Waals surface area contributed by atoms with Gasteiger partial charge in [0.1, 0.15) is 0 Å². The van der Waals surface area contributed by atoms with Crippen molar-refractivity contribution in [3.8, 4) is 0 Å². The van der Waals surface area contributed by atoms with E-state index in [-0.39, 0.29) is 0 Å². The number of hydrogen-bond donors (Lipinski definition) is 3. The van der Waals surface area contributed by atoms with Crippen LogP contribution in [0, 0.1) is 0 Å². The summed E-state index contributed by atoms with van der Waals surface area (Å²) in [6.45, 7) is 0. The molecule has 0 saturated heterocycles. The Hall–Kier alpha value is -1.12. The van der Waals surface area contributed by atoms with E-state index in [4.69, 9.17) is 17.2 Å². The smallest absolute Gasteiger partial charge is 0.0738 e. The standard InChI is InChI=1S/C5H9N3/c6-3-1-2-4(7)5(3)8/h1H,2,6-8H2. The maximum absolute atomic E-state index is 5.39. The van der Waals surface area contributed by atoms with Crippen LogP contribution in [0.4, 0.5) is 0 Å². The monoisotopic (exact) mass is 111 g/mol. The third kappa shape index (κ3) is 0.521. The summed E-state index contributed by atoms with van der Waals surface area (Å²) < 4.78 is 0. The van der Waals surface area contributed by atoms with Gasteiger partial charge in [0, 0.05) is 12.1 Å². The zero-order valence-corrected chi connectivity index (χ0v) is 4.52. The molecule has 0 amide bonds. The summed E-state index contributed by atoms with van der Waals surface area (Å²) in [6, 6.07) is 0. The van der Waals surface area contributed by atoms with Gasteiger partial charge in [0.15, 0.2) is 0 Å². The molecule has 0 spiro atoms. The van der Waals surface area contributed by atoms with Crippen LogP contribution in [-0.2, 0) is 0 Å². The topological polar surface area (TPSA) is 78.1 Å². The van der Waals surface area contributed by atoms with Crippen molar-refractivity contribution in [1.29, 1.82) is 0 Å². The first kappa shape index (κ1) is 5.03. The van der Waals surface area contributed by atoms with E-state index >= 15 is 0 Å². The van der Waals surface area contributed by atoms with Crippen molar-refractivity contribution in [1.82, 2.24) is 0 Å². The van der Waals surface area contributed by atoms with Gasteiger partial charge >= 0.3 is 0 Å². The summed E-state index contributed by atoms with van der Waals surface area (Å²) in [6.07, 6.45) is 2.52. The lowest BCUT2D eigenvalue weighted by Crippen LogP contribution is -2.10. The molecule has 0 unspecified atom stereocenters. The third-order valence-electron chi connectivity index (χ3n) is 1.20. The highest BCUT2D eigenvalue weighted by Crippen LogP contribution is 2.12. The third-order valence-corrected chi connectivity index (χ3v) is 1.20. The normalized spacial score (nSPS) is 19.2. The molecule has 8 heavy (non-hydrogen) atoms. The van der Waals surface area contributed by atoms with E-state index in [2.05, 4.69) is 0 Å². The highest BCUT2D eigenvalue weighted by molar-refractivity contribution is 5.36. The van der Waals surface area contributed by atoms with Gasteiger partial charge in [0.2, 0.25) is 0 Å². The molecular weight excluding hydrogens is 102 g/mol. The first-order valence-corrected chi connectivity index (χ1v) is 2.42. The molecule has 0 radical (unpaired) electrons. The SMILES string of the molecule is NC1=CCC(N)=C1N. The largest absolute Gasteiger partial charge is 0.400 e. The zero-order chi connectivity index (χ0) is 6.15. The van der Waals surface area contributed by atoms with Crippen LogP contribution in [0.25, 0.3) is 0 Å². The van der Waals surface area contributed by atoms with Gasteiger partial charge < -0.3 is 17.2 Å². The van der Waals surface area contributed by atoms with Crippen molar-refractivity contribution in [2.75, 3.05) is 0 Å². The van der Waals surface area contributed by atoms with Crippen molar-refractivity contribution in [2.24, 2.45) is 17.2 Å². The summed E-state index contributed by atoms with van der Waals surface area (Å²) in [4.78, 5) is 0. The second kappa shape index (κ2) is 1.43. The minimum Gasteiger partial charge on any atom is -0.400 e. The van der Waals surface area contributed by atoms with Gasteiger partial charge in [-0.3, -0.25) is 0 Å². The van der Waals surface area contributed by atoms with Crippen LogP contribution in [0.1, 0.15) is 6.42 Å². The fraction of sp³-hybridized carbons (Fsp3) is 0.200. The highest BCUT2D eigenvalue weighted by atomic mass is 14.8. The van der Waals surface area contributed by atoms with E-state index in [1.807, 2.05) is 6.08 Å². The number of nitrogens with two attached hydrogens (primary N) is 3. The fourth-order valence-corrected chi connectivity index (χ4v) is 0.625. The average molecular weight is 111 g/mol.